The molecule has 3 nitrogen and oxygen atoms in total. The van der Waals surface area contributed by atoms with Gasteiger partial charge in [0, 0.05) is 18.7 Å². The molecule has 0 fully saturated rings. The Labute approximate surface area is 112 Å². The molecule has 1 aliphatic carbocycles. The van der Waals surface area contributed by atoms with E-state index in [4.69, 9.17) is 6.11 Å². The van der Waals surface area contributed by atoms with Crippen molar-refractivity contribution < 1.29 is 10.9 Å². The van der Waals surface area contributed by atoms with Gasteiger partial charge in [-0.3, -0.25) is 9.78 Å². The number of alkyl halides is 2. The van der Waals surface area contributed by atoms with Crippen LogP contribution >= 0.6 is 31.9 Å². The first kappa shape index (κ1) is 10.7. The molecule has 1 unspecified atom stereocenters. The number of nitrogens with zero attached hydrogens (tertiary/aromatic N) is 1. The summed E-state index contributed by atoms with van der Waals surface area (Å²) in [5.74, 6) is -0.465. The Morgan fingerprint density at radius 3 is 3.12 bits per heavy atom. The average Bonchev–Trinajstić information content (AvgIpc) is 2.26. The van der Waals surface area contributed by atoms with Gasteiger partial charge in [-0.1, -0.05) is 37.9 Å². The molecular weight excluding hydrogens is 338 g/mol. The number of esters is 1. The van der Waals surface area contributed by atoms with Gasteiger partial charge in [0.25, 0.3) is 0 Å². The SMILES string of the molecule is [2H][C@@]1(OC(C)=O)c2cccnc2C(Br)C[C@H]1Br. The molecule has 2 rings (SSSR count). The topological polar surface area (TPSA) is 39.2 Å². The molecule has 0 aromatic carbocycles. The van der Waals surface area contributed by atoms with Crippen LogP contribution in [-0.2, 0) is 9.53 Å². The molecule has 0 spiro atoms. The van der Waals surface area contributed by atoms with E-state index in [1.807, 2.05) is 0 Å². The third kappa shape index (κ3) is 2.30. The molecule has 0 saturated carbocycles. The Bertz CT molecular complexity index is 457. The van der Waals surface area contributed by atoms with Crippen molar-refractivity contribution in [2.45, 2.75) is 29.1 Å². The molecule has 0 bridgehead atoms. The van der Waals surface area contributed by atoms with Crippen LogP contribution in [0.5, 0.6) is 0 Å². The van der Waals surface area contributed by atoms with Crippen molar-refractivity contribution in [2.75, 3.05) is 0 Å². The highest BCUT2D eigenvalue weighted by atomic mass is 79.9. The summed E-state index contributed by atoms with van der Waals surface area (Å²) < 4.78 is 13.6. The van der Waals surface area contributed by atoms with Crippen LogP contribution < -0.4 is 0 Å². The molecule has 5 heteroatoms. The number of carbonyl (C=O) groups is 1. The van der Waals surface area contributed by atoms with E-state index in [0.717, 1.165) is 5.69 Å². The Balaban J connectivity index is 2.52. The van der Waals surface area contributed by atoms with Gasteiger partial charge in [0.1, 0.15) is 6.08 Å². The fourth-order valence-corrected chi connectivity index (χ4v) is 3.67. The van der Waals surface area contributed by atoms with E-state index in [9.17, 15) is 4.79 Å². The number of hydrogen-bond donors (Lipinski definition) is 0. The molecule has 86 valence electrons. The summed E-state index contributed by atoms with van der Waals surface area (Å²) in [6, 6.07) is 3.52. The van der Waals surface area contributed by atoms with Gasteiger partial charge in [-0.15, -0.1) is 0 Å². The monoisotopic (exact) mass is 348 g/mol. The lowest BCUT2D eigenvalue weighted by atomic mass is 9.93. The fourth-order valence-electron chi connectivity index (χ4n) is 1.72. The highest BCUT2D eigenvalue weighted by Crippen LogP contribution is 2.44. The predicted octanol–water partition coefficient (Wildman–Crippen LogP) is 3.29. The van der Waals surface area contributed by atoms with E-state index in [1.165, 1.54) is 6.92 Å². The van der Waals surface area contributed by atoms with Crippen molar-refractivity contribution in [2.24, 2.45) is 0 Å². The molecule has 1 aromatic rings. The minimum Gasteiger partial charge on any atom is -0.456 e. The third-order valence-electron chi connectivity index (χ3n) is 2.35. The first-order valence-corrected chi connectivity index (χ1v) is 6.71. The second kappa shape index (κ2) is 4.84. The zero-order valence-corrected chi connectivity index (χ0v) is 11.8. The maximum absolute atomic E-state index is 11.2. The Morgan fingerprint density at radius 2 is 2.44 bits per heavy atom. The number of ether oxygens (including phenoxy) is 1. The Morgan fingerprint density at radius 1 is 1.69 bits per heavy atom. The predicted molar refractivity (Wildman–Crippen MR) is 67.7 cm³/mol. The highest BCUT2D eigenvalue weighted by Gasteiger charge is 2.35. The van der Waals surface area contributed by atoms with Crippen molar-refractivity contribution in [3.8, 4) is 0 Å². The lowest BCUT2D eigenvalue weighted by Crippen LogP contribution is -2.26. The van der Waals surface area contributed by atoms with E-state index in [-0.39, 0.29) is 9.65 Å². The van der Waals surface area contributed by atoms with Gasteiger partial charge in [-0.05, 0) is 12.5 Å². The van der Waals surface area contributed by atoms with Gasteiger partial charge >= 0.3 is 5.97 Å². The molecule has 0 amide bonds. The molecule has 0 saturated heterocycles. The maximum atomic E-state index is 11.2. The Kier molecular flexibility index (Phi) is 3.24. The van der Waals surface area contributed by atoms with Crippen LogP contribution in [0, 0.1) is 0 Å². The number of hydrogen-bond acceptors (Lipinski definition) is 3. The largest absolute Gasteiger partial charge is 0.456 e. The number of fused-ring (bicyclic) bond motifs is 1. The van der Waals surface area contributed by atoms with Crippen molar-refractivity contribution in [3.05, 3.63) is 29.6 Å². The van der Waals surface area contributed by atoms with E-state index in [1.54, 1.807) is 18.3 Å². The number of carbonyl (C=O) groups excluding carboxylic acids is 1. The van der Waals surface area contributed by atoms with Crippen LogP contribution in [0.15, 0.2) is 18.3 Å². The second-order valence-corrected chi connectivity index (χ2v) is 5.78. The highest BCUT2D eigenvalue weighted by molar-refractivity contribution is 9.10. The van der Waals surface area contributed by atoms with Crippen LogP contribution in [0.2, 0.25) is 0 Å². The van der Waals surface area contributed by atoms with E-state index < -0.39 is 12.0 Å². The molecule has 0 aliphatic heterocycles. The molecule has 0 N–H and O–H groups in total. The zero-order valence-electron chi connectivity index (χ0n) is 9.61. The fraction of sp³-hybridized carbons (Fsp3) is 0.455. The summed E-state index contributed by atoms with van der Waals surface area (Å²) in [5.41, 5.74) is 1.39. The van der Waals surface area contributed by atoms with Crippen LogP contribution in [-0.4, -0.2) is 15.8 Å². The van der Waals surface area contributed by atoms with Gasteiger partial charge in [-0.25, -0.2) is 0 Å². The van der Waals surface area contributed by atoms with Gasteiger partial charge in [0.15, 0.2) is 0 Å². The zero-order chi connectivity index (χ0) is 12.6. The first-order chi connectivity index (χ1) is 7.95. The average molecular weight is 350 g/mol. The minimum atomic E-state index is -1.40. The van der Waals surface area contributed by atoms with Crippen LogP contribution in [0.1, 0.15) is 36.9 Å². The van der Waals surface area contributed by atoms with Gasteiger partial charge < -0.3 is 4.74 Å². The van der Waals surface area contributed by atoms with E-state index in [2.05, 4.69) is 36.8 Å². The van der Waals surface area contributed by atoms with E-state index >= 15 is 0 Å². The second-order valence-electron chi connectivity index (χ2n) is 3.56. The molecule has 1 aromatic heterocycles. The molecule has 1 aliphatic rings. The summed E-state index contributed by atoms with van der Waals surface area (Å²) in [7, 11) is 0. The minimum absolute atomic E-state index is 0.0668. The van der Waals surface area contributed by atoms with Gasteiger partial charge in [0.2, 0.25) is 0 Å². The lowest BCUT2D eigenvalue weighted by Gasteiger charge is -2.31. The summed E-state index contributed by atoms with van der Waals surface area (Å²) >= 11 is 6.96. The van der Waals surface area contributed by atoms with Gasteiger partial charge in [-0.2, -0.15) is 0 Å². The van der Waals surface area contributed by atoms with Crippen molar-refractivity contribution in [1.29, 1.82) is 0 Å². The van der Waals surface area contributed by atoms with E-state index in [0.29, 0.717) is 12.0 Å². The molecular formula is C11H11Br2NO2. The van der Waals surface area contributed by atoms with Crippen LogP contribution in [0.4, 0.5) is 0 Å². The first-order valence-electron chi connectivity index (χ1n) is 5.38. The van der Waals surface area contributed by atoms with Gasteiger partial charge in [0.05, 0.1) is 16.7 Å². The molecule has 3 atom stereocenters. The number of halogens is 2. The normalized spacial score (nSPS) is 33.8. The molecule has 0 radical (unpaired) electrons. The van der Waals surface area contributed by atoms with Crippen molar-refractivity contribution >= 4 is 37.8 Å². The summed E-state index contributed by atoms with van der Waals surface area (Å²) in [5, 5.41) is 0. The molecule has 1 heterocycles. The number of pyridine rings is 1. The number of aromatic nitrogens is 1. The summed E-state index contributed by atoms with van der Waals surface area (Å²) in [4.78, 5) is 15.2. The van der Waals surface area contributed by atoms with Crippen molar-refractivity contribution in [3.63, 3.8) is 0 Å². The lowest BCUT2D eigenvalue weighted by molar-refractivity contribution is -0.147. The third-order valence-corrected chi connectivity index (χ3v) is 3.95. The smallest absolute Gasteiger partial charge is 0.303 e. The van der Waals surface area contributed by atoms with Crippen LogP contribution in [0.25, 0.3) is 0 Å². The van der Waals surface area contributed by atoms with Crippen molar-refractivity contribution in [1.82, 2.24) is 4.98 Å². The Hall–Kier alpha value is -0.420. The van der Waals surface area contributed by atoms with Crippen LogP contribution in [0.3, 0.4) is 0 Å². The summed E-state index contributed by atoms with van der Waals surface area (Å²) in [6.45, 7) is 1.31. The molecule has 16 heavy (non-hydrogen) atoms. The maximum Gasteiger partial charge on any atom is 0.303 e. The quantitative estimate of drug-likeness (QED) is 0.577. The number of rotatable bonds is 1. The summed E-state index contributed by atoms with van der Waals surface area (Å²) in [6.07, 6.45) is 0.913. The standard InChI is InChI=1S/C11H11Br2NO2/c1-6(15)16-11-7-3-2-4-14-10(7)8(12)5-9(11)13/h2-4,8-9,11H,5H2,1H3/t8?,9-,11-/m1/s1/i11D.